The fourth-order valence-electron chi connectivity index (χ4n) is 1.74. The first-order chi connectivity index (χ1) is 9.47. The number of rotatable bonds is 2. The van der Waals surface area contributed by atoms with Crippen LogP contribution in [0.15, 0.2) is 16.6 Å². The van der Waals surface area contributed by atoms with Crippen LogP contribution in [0.3, 0.4) is 0 Å². The highest BCUT2D eigenvalue weighted by Gasteiger charge is 2.19. The number of benzene rings is 1. The van der Waals surface area contributed by atoms with Gasteiger partial charge in [0.2, 0.25) is 5.95 Å². The van der Waals surface area contributed by atoms with E-state index in [1.165, 1.54) is 7.11 Å². The van der Waals surface area contributed by atoms with E-state index in [2.05, 4.69) is 25.9 Å². The molecular weight excluding hydrogens is 346 g/mol. The Hall–Kier alpha value is -2.04. The predicted molar refractivity (Wildman–Crippen MR) is 80.3 cm³/mol. The molecule has 0 bridgehead atoms. The third kappa shape index (κ3) is 2.48. The number of halogens is 2. The zero-order valence-corrected chi connectivity index (χ0v) is 12.7. The van der Waals surface area contributed by atoms with Gasteiger partial charge in [-0.05, 0) is 28.1 Å². The Labute approximate surface area is 128 Å². The van der Waals surface area contributed by atoms with Crippen molar-refractivity contribution in [3.05, 3.63) is 27.2 Å². The van der Waals surface area contributed by atoms with Gasteiger partial charge in [0.05, 0.1) is 17.3 Å². The van der Waals surface area contributed by atoms with Crippen molar-refractivity contribution in [3.63, 3.8) is 0 Å². The van der Waals surface area contributed by atoms with Gasteiger partial charge in [-0.25, -0.2) is 4.98 Å². The first kappa shape index (κ1) is 14.4. The van der Waals surface area contributed by atoms with E-state index in [-0.39, 0.29) is 23.0 Å². The average molecular weight is 355 g/mol. The molecule has 4 N–H and O–H groups in total. The second kappa shape index (κ2) is 5.53. The monoisotopic (exact) mass is 353 g/mol. The lowest BCUT2D eigenvalue weighted by atomic mass is 10.1. The van der Waals surface area contributed by atoms with Crippen molar-refractivity contribution in [2.45, 2.75) is 0 Å². The normalized spacial score (nSPS) is 10.1. The quantitative estimate of drug-likeness (QED) is 0.857. The summed E-state index contributed by atoms with van der Waals surface area (Å²) in [7, 11) is 1.50. The molecule has 0 atom stereocenters. The molecule has 0 saturated heterocycles. The van der Waals surface area contributed by atoms with Crippen LogP contribution in [-0.4, -0.2) is 17.1 Å². The summed E-state index contributed by atoms with van der Waals surface area (Å²) in [5, 5.41) is 9.67. The van der Waals surface area contributed by atoms with E-state index in [9.17, 15) is 5.26 Å². The Morgan fingerprint density at radius 2 is 2.05 bits per heavy atom. The number of nitriles is 1. The van der Waals surface area contributed by atoms with Gasteiger partial charge in [-0.3, -0.25) is 0 Å². The van der Waals surface area contributed by atoms with Crippen molar-refractivity contribution >= 4 is 39.3 Å². The molecule has 2 rings (SSSR count). The Kier molecular flexibility index (Phi) is 3.97. The van der Waals surface area contributed by atoms with Crippen molar-refractivity contribution in [2.75, 3.05) is 18.6 Å². The van der Waals surface area contributed by atoms with Crippen LogP contribution in [0.2, 0.25) is 5.02 Å². The number of nitrogens with two attached hydrogens (primary N) is 2. The van der Waals surface area contributed by atoms with Gasteiger partial charge >= 0.3 is 0 Å². The zero-order valence-electron chi connectivity index (χ0n) is 10.3. The van der Waals surface area contributed by atoms with Crippen molar-refractivity contribution in [1.29, 1.82) is 5.26 Å². The van der Waals surface area contributed by atoms with Crippen LogP contribution in [0.5, 0.6) is 5.75 Å². The molecule has 20 heavy (non-hydrogen) atoms. The molecule has 0 fully saturated rings. The van der Waals surface area contributed by atoms with E-state index in [0.29, 0.717) is 20.8 Å². The fraction of sp³-hybridized carbons (Fsp3) is 0.0833. The minimum atomic E-state index is -0.0327. The van der Waals surface area contributed by atoms with Crippen LogP contribution >= 0.6 is 27.5 Å². The van der Waals surface area contributed by atoms with Gasteiger partial charge in [0.15, 0.2) is 0 Å². The van der Waals surface area contributed by atoms with Crippen LogP contribution in [0.1, 0.15) is 5.56 Å². The number of methoxy groups -OCH3 is 1. The van der Waals surface area contributed by atoms with Crippen LogP contribution < -0.4 is 16.2 Å². The lowest BCUT2D eigenvalue weighted by Gasteiger charge is -2.13. The molecule has 0 radical (unpaired) electrons. The third-order valence-corrected chi connectivity index (χ3v) is 3.34. The highest BCUT2D eigenvalue weighted by molar-refractivity contribution is 9.10. The van der Waals surface area contributed by atoms with Crippen LogP contribution in [-0.2, 0) is 0 Å². The standard InChI is InChI=1S/C12H9BrClN5O/c1-20-10-6(2-5(14)3-8(10)13)9-7(4-15)11(16)19-12(17)18-9/h2-3H,1H3,(H4,16,17,18,19). The molecule has 102 valence electrons. The maximum absolute atomic E-state index is 9.22. The van der Waals surface area contributed by atoms with Crippen LogP contribution in [0.4, 0.5) is 11.8 Å². The highest BCUT2D eigenvalue weighted by atomic mass is 79.9. The van der Waals surface area contributed by atoms with Gasteiger partial charge in [0.1, 0.15) is 23.2 Å². The van der Waals surface area contributed by atoms with Gasteiger partial charge in [-0.2, -0.15) is 10.2 Å². The SMILES string of the molecule is COc1c(Br)cc(Cl)cc1-c1nc(N)nc(N)c1C#N. The Morgan fingerprint density at radius 1 is 1.35 bits per heavy atom. The van der Waals surface area contributed by atoms with Crippen LogP contribution in [0, 0.1) is 11.3 Å². The van der Waals surface area contributed by atoms with Crippen molar-refractivity contribution in [1.82, 2.24) is 9.97 Å². The largest absolute Gasteiger partial charge is 0.495 e. The lowest BCUT2D eigenvalue weighted by molar-refractivity contribution is 0.413. The Bertz CT molecular complexity index is 729. The average Bonchev–Trinajstić information content (AvgIpc) is 2.37. The number of hydrogen-bond donors (Lipinski definition) is 2. The third-order valence-electron chi connectivity index (χ3n) is 2.53. The maximum Gasteiger partial charge on any atom is 0.222 e. The molecule has 0 aliphatic rings. The summed E-state index contributed by atoms with van der Waals surface area (Å²) in [6.07, 6.45) is 0. The van der Waals surface area contributed by atoms with E-state index < -0.39 is 0 Å². The number of anilines is 2. The lowest BCUT2D eigenvalue weighted by Crippen LogP contribution is -2.05. The molecule has 0 amide bonds. The predicted octanol–water partition coefficient (Wildman–Crippen LogP) is 2.60. The number of nitrogens with zero attached hydrogens (tertiary/aromatic N) is 3. The van der Waals surface area contributed by atoms with Crippen molar-refractivity contribution in [3.8, 4) is 23.1 Å². The fourth-order valence-corrected chi connectivity index (χ4v) is 2.72. The summed E-state index contributed by atoms with van der Waals surface area (Å²) in [6, 6.07) is 5.25. The van der Waals surface area contributed by atoms with Gasteiger partial charge in [0, 0.05) is 10.6 Å². The molecule has 0 spiro atoms. The van der Waals surface area contributed by atoms with E-state index in [1.54, 1.807) is 12.1 Å². The molecule has 1 heterocycles. The second-order valence-electron chi connectivity index (χ2n) is 3.77. The molecule has 1 aromatic heterocycles. The Morgan fingerprint density at radius 3 is 2.65 bits per heavy atom. The maximum atomic E-state index is 9.22. The van der Waals surface area contributed by atoms with E-state index in [0.717, 1.165) is 0 Å². The van der Waals surface area contributed by atoms with E-state index in [4.69, 9.17) is 27.8 Å². The molecule has 0 aliphatic carbocycles. The van der Waals surface area contributed by atoms with Gasteiger partial charge in [0.25, 0.3) is 0 Å². The summed E-state index contributed by atoms with van der Waals surface area (Å²) in [5.74, 6) is 0.450. The smallest absolute Gasteiger partial charge is 0.222 e. The van der Waals surface area contributed by atoms with Gasteiger partial charge < -0.3 is 16.2 Å². The number of ether oxygens (including phenoxy) is 1. The van der Waals surface area contributed by atoms with E-state index >= 15 is 0 Å². The van der Waals surface area contributed by atoms with Gasteiger partial charge in [-0.1, -0.05) is 11.6 Å². The van der Waals surface area contributed by atoms with Crippen molar-refractivity contribution in [2.24, 2.45) is 0 Å². The number of aromatic nitrogens is 2. The summed E-state index contributed by atoms with van der Waals surface area (Å²) in [5.41, 5.74) is 12.2. The summed E-state index contributed by atoms with van der Waals surface area (Å²) < 4.78 is 5.93. The molecule has 0 aliphatic heterocycles. The first-order valence-corrected chi connectivity index (χ1v) is 6.51. The molecule has 0 saturated carbocycles. The zero-order chi connectivity index (χ0) is 14.9. The molecule has 1 aromatic carbocycles. The molecule has 6 nitrogen and oxygen atoms in total. The van der Waals surface area contributed by atoms with Crippen LogP contribution in [0.25, 0.3) is 11.3 Å². The number of nitrogen functional groups attached to an aromatic ring is 2. The van der Waals surface area contributed by atoms with E-state index in [1.807, 2.05) is 6.07 Å². The molecular formula is C12H9BrClN5O. The molecule has 0 unspecified atom stereocenters. The molecule has 2 aromatic rings. The van der Waals surface area contributed by atoms with Gasteiger partial charge in [-0.15, -0.1) is 0 Å². The van der Waals surface area contributed by atoms with Crippen molar-refractivity contribution < 1.29 is 4.74 Å². The number of hydrogen-bond acceptors (Lipinski definition) is 6. The minimum Gasteiger partial charge on any atom is -0.495 e. The topological polar surface area (TPSA) is 111 Å². The minimum absolute atomic E-state index is 0.00755. The molecule has 8 heteroatoms. The second-order valence-corrected chi connectivity index (χ2v) is 5.06. The summed E-state index contributed by atoms with van der Waals surface area (Å²) >= 11 is 9.37. The highest BCUT2D eigenvalue weighted by Crippen LogP contribution is 2.40. The Balaban J connectivity index is 2.85. The first-order valence-electron chi connectivity index (χ1n) is 5.34. The summed E-state index contributed by atoms with van der Waals surface area (Å²) in [6.45, 7) is 0. The summed E-state index contributed by atoms with van der Waals surface area (Å²) in [4.78, 5) is 7.84.